The minimum Gasteiger partial charge on any atom is -0.277 e. The molecule has 0 saturated carbocycles. The van der Waals surface area contributed by atoms with E-state index in [0.717, 1.165) is 16.8 Å². The van der Waals surface area contributed by atoms with Crippen molar-refractivity contribution in [2.24, 2.45) is 0 Å². The summed E-state index contributed by atoms with van der Waals surface area (Å²) in [6.45, 7) is 0. The molecule has 0 spiro atoms. The highest BCUT2D eigenvalue weighted by Gasteiger charge is 2.23. The predicted octanol–water partition coefficient (Wildman–Crippen LogP) is 10.6. The molecule has 3 heteroatoms. The lowest BCUT2D eigenvalue weighted by Gasteiger charge is -2.14. The van der Waals surface area contributed by atoms with Gasteiger partial charge in [0.25, 0.3) is 0 Å². The number of fused-ring (bicyclic) bond motifs is 9. The molecule has 0 unspecified atom stereocenters. The molecule has 3 heterocycles. The van der Waals surface area contributed by atoms with Crippen LogP contribution in [0.25, 0.3) is 88.3 Å². The van der Waals surface area contributed by atoms with Gasteiger partial charge in [0.05, 0.1) is 27.6 Å². The molecule has 0 saturated heterocycles. The van der Waals surface area contributed by atoms with Crippen LogP contribution in [-0.2, 0) is 0 Å². The second kappa shape index (κ2) is 8.79. The minimum absolute atomic E-state index is 0.954. The standard InChI is InChI=1S/C41H25N3/c1-3-11-26(12-4-1)30-19-20-32(27-13-5-2-6-14-27)33(21-30)31-23-35-34-22-28-15-7-8-16-29(28)24-38(34)44-40(35)39(25-31)43-37-18-10-9-17-36(37)42-41(43)44/h1-25H. The third-order valence-corrected chi connectivity index (χ3v) is 9.21. The first-order valence-electron chi connectivity index (χ1n) is 15.1. The zero-order chi connectivity index (χ0) is 28.8. The third-order valence-electron chi connectivity index (χ3n) is 9.21. The van der Waals surface area contributed by atoms with Crippen molar-refractivity contribution in [1.29, 1.82) is 0 Å². The van der Waals surface area contributed by atoms with Crippen molar-refractivity contribution < 1.29 is 0 Å². The summed E-state index contributed by atoms with van der Waals surface area (Å²) in [4.78, 5) is 5.18. The molecule has 3 aromatic heterocycles. The number of imidazole rings is 2. The molecule has 0 aliphatic rings. The van der Waals surface area contributed by atoms with Gasteiger partial charge in [-0.15, -0.1) is 0 Å². The lowest BCUT2D eigenvalue weighted by atomic mass is 9.90. The molecule has 44 heavy (non-hydrogen) atoms. The van der Waals surface area contributed by atoms with Gasteiger partial charge in [0.15, 0.2) is 0 Å². The zero-order valence-corrected chi connectivity index (χ0v) is 23.8. The molecule has 0 aliphatic carbocycles. The molecule has 204 valence electrons. The van der Waals surface area contributed by atoms with E-state index in [9.17, 15) is 0 Å². The summed E-state index contributed by atoms with van der Waals surface area (Å²) in [6.07, 6.45) is 0. The Hall–Kier alpha value is -5.93. The zero-order valence-electron chi connectivity index (χ0n) is 23.8. The Morgan fingerprint density at radius 2 is 1.09 bits per heavy atom. The number of benzene rings is 7. The highest BCUT2D eigenvalue weighted by molar-refractivity contribution is 6.20. The van der Waals surface area contributed by atoms with Gasteiger partial charge in [-0.3, -0.25) is 8.80 Å². The summed E-state index contributed by atoms with van der Waals surface area (Å²) >= 11 is 0. The van der Waals surface area contributed by atoms with Crippen LogP contribution in [0.5, 0.6) is 0 Å². The van der Waals surface area contributed by atoms with Crippen LogP contribution >= 0.6 is 0 Å². The lowest BCUT2D eigenvalue weighted by molar-refractivity contribution is 1.22. The van der Waals surface area contributed by atoms with E-state index in [1.54, 1.807) is 0 Å². The van der Waals surface area contributed by atoms with Crippen molar-refractivity contribution >= 4 is 54.9 Å². The van der Waals surface area contributed by atoms with Gasteiger partial charge in [-0.25, -0.2) is 4.98 Å². The Labute approximate surface area is 253 Å². The van der Waals surface area contributed by atoms with Gasteiger partial charge in [-0.2, -0.15) is 0 Å². The van der Waals surface area contributed by atoms with Gasteiger partial charge in [0.2, 0.25) is 5.78 Å². The van der Waals surface area contributed by atoms with E-state index < -0.39 is 0 Å². The predicted molar refractivity (Wildman–Crippen MR) is 184 cm³/mol. The van der Waals surface area contributed by atoms with Crippen molar-refractivity contribution in [2.75, 3.05) is 0 Å². The molecule has 0 fully saturated rings. The highest BCUT2D eigenvalue weighted by Crippen LogP contribution is 2.43. The Balaban J connectivity index is 1.38. The number of para-hydroxylation sites is 2. The van der Waals surface area contributed by atoms with Crippen LogP contribution < -0.4 is 0 Å². The van der Waals surface area contributed by atoms with Crippen molar-refractivity contribution in [2.45, 2.75) is 0 Å². The van der Waals surface area contributed by atoms with Gasteiger partial charge in [-0.1, -0.05) is 109 Å². The highest BCUT2D eigenvalue weighted by atomic mass is 15.2. The second-order valence-corrected chi connectivity index (χ2v) is 11.7. The normalized spacial score (nSPS) is 12.1. The molecule has 0 bridgehead atoms. The molecule has 10 rings (SSSR count). The molecule has 0 atom stereocenters. The molecule has 3 nitrogen and oxygen atoms in total. The molecule has 0 aliphatic heterocycles. The molecule has 0 amide bonds. The molecule has 0 radical (unpaired) electrons. The summed E-state index contributed by atoms with van der Waals surface area (Å²) in [7, 11) is 0. The monoisotopic (exact) mass is 559 g/mol. The quantitative estimate of drug-likeness (QED) is 0.211. The number of hydrogen-bond acceptors (Lipinski definition) is 1. The van der Waals surface area contributed by atoms with Crippen molar-refractivity contribution in [3.63, 3.8) is 0 Å². The Bertz CT molecular complexity index is 2700. The lowest BCUT2D eigenvalue weighted by Crippen LogP contribution is -1.89. The van der Waals surface area contributed by atoms with Crippen molar-refractivity contribution in [3.05, 3.63) is 152 Å². The van der Waals surface area contributed by atoms with Crippen molar-refractivity contribution in [1.82, 2.24) is 13.8 Å². The van der Waals surface area contributed by atoms with Crippen LogP contribution in [0.15, 0.2) is 152 Å². The number of hydrogen-bond donors (Lipinski definition) is 0. The fourth-order valence-corrected chi connectivity index (χ4v) is 7.21. The first-order chi connectivity index (χ1) is 21.8. The molecule has 7 aromatic carbocycles. The van der Waals surface area contributed by atoms with Crippen LogP contribution in [0.1, 0.15) is 0 Å². The van der Waals surface area contributed by atoms with E-state index in [1.807, 2.05) is 0 Å². The van der Waals surface area contributed by atoms with E-state index in [0.29, 0.717) is 0 Å². The van der Waals surface area contributed by atoms with Crippen LogP contribution in [0.2, 0.25) is 0 Å². The molecular weight excluding hydrogens is 534 g/mol. The summed E-state index contributed by atoms with van der Waals surface area (Å²) in [5.74, 6) is 0.954. The van der Waals surface area contributed by atoms with Gasteiger partial charge < -0.3 is 0 Å². The number of nitrogens with zero attached hydrogens (tertiary/aromatic N) is 3. The summed E-state index contributed by atoms with van der Waals surface area (Å²) in [5.41, 5.74) is 13.0. The molecule has 0 N–H and O–H groups in total. The third kappa shape index (κ3) is 3.24. The SMILES string of the molecule is c1ccc(-c2ccc(-c3ccccc3)c(-c3cc4c5cc6ccccc6cc5n5c4c(c3)n3c4ccccc4nc35)c2)cc1. The van der Waals surface area contributed by atoms with Gasteiger partial charge in [0.1, 0.15) is 0 Å². The second-order valence-electron chi connectivity index (χ2n) is 11.7. The Morgan fingerprint density at radius 1 is 0.386 bits per heavy atom. The first kappa shape index (κ1) is 23.6. The van der Waals surface area contributed by atoms with Gasteiger partial charge >= 0.3 is 0 Å². The summed E-state index contributed by atoms with van der Waals surface area (Å²) < 4.78 is 4.72. The summed E-state index contributed by atoms with van der Waals surface area (Å²) in [5, 5.41) is 4.98. The van der Waals surface area contributed by atoms with E-state index in [4.69, 9.17) is 4.98 Å². The molecular formula is C41H25N3. The van der Waals surface area contributed by atoms with Crippen molar-refractivity contribution in [3.8, 4) is 33.4 Å². The maximum absolute atomic E-state index is 5.18. The largest absolute Gasteiger partial charge is 0.277 e. The maximum Gasteiger partial charge on any atom is 0.220 e. The smallest absolute Gasteiger partial charge is 0.220 e. The topological polar surface area (TPSA) is 21.7 Å². The van der Waals surface area contributed by atoms with E-state index >= 15 is 0 Å². The van der Waals surface area contributed by atoms with Crippen LogP contribution in [-0.4, -0.2) is 13.8 Å². The molecule has 10 aromatic rings. The number of rotatable bonds is 3. The maximum atomic E-state index is 5.18. The average Bonchev–Trinajstić information content (AvgIpc) is 3.73. The Kier molecular flexibility index (Phi) is 4.72. The van der Waals surface area contributed by atoms with Gasteiger partial charge in [-0.05, 0) is 86.6 Å². The average molecular weight is 560 g/mol. The van der Waals surface area contributed by atoms with E-state index in [-0.39, 0.29) is 0 Å². The van der Waals surface area contributed by atoms with Crippen LogP contribution in [0.3, 0.4) is 0 Å². The minimum atomic E-state index is 0.954. The summed E-state index contributed by atoms with van der Waals surface area (Å²) in [6, 6.07) is 54.9. The fraction of sp³-hybridized carbons (Fsp3) is 0. The van der Waals surface area contributed by atoms with E-state index in [1.165, 1.54) is 71.5 Å². The Morgan fingerprint density at radius 3 is 1.91 bits per heavy atom. The van der Waals surface area contributed by atoms with E-state index in [2.05, 4.69) is 160 Å². The first-order valence-corrected chi connectivity index (χ1v) is 15.1. The fourth-order valence-electron chi connectivity index (χ4n) is 7.21. The van der Waals surface area contributed by atoms with Crippen LogP contribution in [0, 0.1) is 0 Å². The number of aromatic nitrogens is 3. The van der Waals surface area contributed by atoms with Gasteiger partial charge in [0, 0.05) is 10.8 Å². The van der Waals surface area contributed by atoms with Crippen LogP contribution in [0.4, 0.5) is 0 Å².